The molecule has 1 rings (SSSR count). The number of hydrogen-bond donors (Lipinski definition) is 1. The summed E-state index contributed by atoms with van der Waals surface area (Å²) in [5, 5.41) is 10.0. The van der Waals surface area contributed by atoms with E-state index in [2.05, 4.69) is 0 Å². The van der Waals surface area contributed by atoms with Gasteiger partial charge >= 0.3 is 145 Å². The molecule has 0 atom stereocenters. The molecular formula is C14H26HgO7. The number of carbonyl (C=O) groups is 1. The molecule has 8 heteroatoms. The van der Waals surface area contributed by atoms with Crippen molar-refractivity contribution in [2.75, 3.05) is 52.9 Å². The number of aliphatic hydroxyl groups is 1. The van der Waals surface area contributed by atoms with Gasteiger partial charge in [0, 0.05) is 0 Å². The van der Waals surface area contributed by atoms with Crippen LogP contribution in [0.1, 0.15) is 20.8 Å². The van der Waals surface area contributed by atoms with E-state index >= 15 is 0 Å². The summed E-state index contributed by atoms with van der Waals surface area (Å²) >= 11 is -1.93. The maximum absolute atomic E-state index is 11.0. The Hall–Kier alpha value is 0.205. The molecular weight excluding hydrogens is 481 g/mol. The zero-order valence-corrected chi connectivity index (χ0v) is 19.3. The van der Waals surface area contributed by atoms with Gasteiger partial charge in [0.2, 0.25) is 0 Å². The summed E-state index contributed by atoms with van der Waals surface area (Å²) in [6.45, 7) is 8.17. The predicted molar refractivity (Wildman–Crippen MR) is 74.0 cm³/mol. The second-order valence-corrected chi connectivity index (χ2v) is 15.2. The molecule has 126 valence electrons. The van der Waals surface area contributed by atoms with Gasteiger partial charge in [-0.1, -0.05) is 0 Å². The molecule has 22 heavy (non-hydrogen) atoms. The van der Waals surface area contributed by atoms with Crippen LogP contribution in [0, 0.1) is 0 Å². The van der Waals surface area contributed by atoms with Crippen LogP contribution in [-0.2, 0) is 51.4 Å². The summed E-state index contributed by atoms with van der Waals surface area (Å²) < 4.78 is 27.2. The second kappa shape index (κ2) is 10.1. The number of ether oxygens (including phenoxy) is 4. The van der Waals surface area contributed by atoms with E-state index in [0.717, 1.165) is 0 Å². The number of rotatable bonds is 2. The van der Waals surface area contributed by atoms with E-state index in [0.29, 0.717) is 39.6 Å². The first-order valence-electron chi connectivity index (χ1n) is 7.50. The normalized spacial score (nSPS) is 32.5. The summed E-state index contributed by atoms with van der Waals surface area (Å²) in [6.07, 6.45) is 0. The molecule has 1 aliphatic rings. The first kappa shape index (κ1) is 20.3. The van der Waals surface area contributed by atoms with E-state index < -0.39 is 30.6 Å². The van der Waals surface area contributed by atoms with Gasteiger partial charge in [-0.2, -0.15) is 0 Å². The van der Waals surface area contributed by atoms with Gasteiger partial charge in [-0.3, -0.25) is 0 Å². The Labute approximate surface area is 144 Å². The van der Waals surface area contributed by atoms with Crippen molar-refractivity contribution in [3.63, 3.8) is 0 Å². The molecule has 1 saturated heterocycles. The van der Waals surface area contributed by atoms with Crippen molar-refractivity contribution in [3.8, 4) is 0 Å². The molecule has 0 unspecified atom stereocenters. The predicted octanol–water partition coefficient (Wildman–Crippen LogP) is 0.557. The summed E-state index contributed by atoms with van der Waals surface area (Å²) in [4.78, 5) is 11.0. The summed E-state index contributed by atoms with van der Waals surface area (Å²) in [7, 11) is 0. The van der Waals surface area contributed by atoms with E-state index in [1.54, 1.807) is 6.92 Å². The van der Waals surface area contributed by atoms with Crippen LogP contribution in [0.4, 0.5) is 0 Å². The molecule has 0 amide bonds. The summed E-state index contributed by atoms with van der Waals surface area (Å²) in [5.74, 6) is -0.226. The average Bonchev–Trinajstić information content (AvgIpc) is 2.44. The van der Waals surface area contributed by atoms with E-state index in [1.807, 2.05) is 6.92 Å². The summed E-state index contributed by atoms with van der Waals surface area (Å²) in [6, 6.07) is 0. The molecule has 0 aliphatic carbocycles. The van der Waals surface area contributed by atoms with Gasteiger partial charge in [0.25, 0.3) is 0 Å². The van der Waals surface area contributed by atoms with Crippen LogP contribution in [0.15, 0.2) is 0 Å². The molecule has 1 fully saturated rings. The molecule has 0 aromatic carbocycles. The van der Waals surface area contributed by atoms with Crippen molar-refractivity contribution in [3.05, 3.63) is 0 Å². The minimum absolute atomic E-state index is 0.193. The van der Waals surface area contributed by atoms with Crippen LogP contribution in [0.3, 0.4) is 0 Å². The van der Waals surface area contributed by atoms with Crippen molar-refractivity contribution in [2.45, 2.75) is 29.3 Å². The van der Waals surface area contributed by atoms with Gasteiger partial charge in [-0.25, -0.2) is 0 Å². The Morgan fingerprint density at radius 1 is 0.955 bits per heavy atom. The van der Waals surface area contributed by atoms with Crippen molar-refractivity contribution >= 4 is 5.97 Å². The van der Waals surface area contributed by atoms with Gasteiger partial charge < -0.3 is 0 Å². The van der Waals surface area contributed by atoms with Crippen LogP contribution >= 0.6 is 0 Å². The zero-order chi connectivity index (χ0) is 16.5. The molecule has 1 aliphatic heterocycles. The fraction of sp³-hybridized carbons (Fsp3) is 0.929. The third-order valence-corrected chi connectivity index (χ3v) is 9.53. The SMILES string of the molecule is CC(=O)[O][Hg][C]1(C)COCCOCC(C)(O)COCCOC1. The fourth-order valence-electron chi connectivity index (χ4n) is 1.90. The third-order valence-electron chi connectivity index (χ3n) is 3.09. The van der Waals surface area contributed by atoms with Crippen LogP contribution in [-0.4, -0.2) is 69.5 Å². The zero-order valence-electron chi connectivity index (χ0n) is 13.8. The van der Waals surface area contributed by atoms with Gasteiger partial charge in [0.15, 0.2) is 0 Å². The van der Waals surface area contributed by atoms with E-state index in [9.17, 15) is 9.90 Å². The minimum atomic E-state index is -1.93. The maximum atomic E-state index is 11.0. The Morgan fingerprint density at radius 3 is 1.77 bits per heavy atom. The monoisotopic (exact) mass is 508 g/mol. The third kappa shape index (κ3) is 9.37. The first-order valence-corrected chi connectivity index (χ1v) is 12.5. The van der Waals surface area contributed by atoms with Crippen molar-refractivity contribution in [1.82, 2.24) is 0 Å². The van der Waals surface area contributed by atoms with Crippen LogP contribution in [0.25, 0.3) is 0 Å². The van der Waals surface area contributed by atoms with Crippen LogP contribution in [0.5, 0.6) is 0 Å². The van der Waals surface area contributed by atoms with E-state index in [1.165, 1.54) is 6.92 Å². The quantitative estimate of drug-likeness (QED) is 0.548. The van der Waals surface area contributed by atoms with E-state index in [-0.39, 0.29) is 22.1 Å². The Kier molecular flexibility index (Phi) is 9.34. The molecule has 0 saturated carbocycles. The topological polar surface area (TPSA) is 83.5 Å². The van der Waals surface area contributed by atoms with Crippen molar-refractivity contribution < 1.29 is 56.5 Å². The Morgan fingerprint density at radius 2 is 1.36 bits per heavy atom. The van der Waals surface area contributed by atoms with Gasteiger partial charge in [0.05, 0.1) is 0 Å². The Bertz CT molecular complexity index is 317. The van der Waals surface area contributed by atoms with Crippen LogP contribution in [0.2, 0.25) is 2.92 Å². The molecule has 1 heterocycles. The molecule has 0 radical (unpaired) electrons. The molecule has 0 spiro atoms. The fourth-order valence-corrected chi connectivity index (χ4v) is 5.81. The molecule has 7 nitrogen and oxygen atoms in total. The Balaban J connectivity index is 2.48. The number of hydrogen-bond acceptors (Lipinski definition) is 7. The molecule has 1 N–H and O–H groups in total. The molecule has 0 aromatic heterocycles. The first-order chi connectivity index (χ1) is 10.3. The van der Waals surface area contributed by atoms with Gasteiger partial charge in [0.1, 0.15) is 0 Å². The standard InChI is InChI=1S/C12H23O5.C2H4O2.Hg/c1-11-7-14-3-5-16-9-12(2,13)10-17-6-4-15-8-11;1-2(3)4;/h13H,3-10H2,1-2H3;1H3,(H,3,4);/q;;+1/p-1. The van der Waals surface area contributed by atoms with Crippen molar-refractivity contribution in [1.29, 1.82) is 0 Å². The van der Waals surface area contributed by atoms with Gasteiger partial charge in [-0.05, 0) is 0 Å². The summed E-state index contributed by atoms with van der Waals surface area (Å²) in [5.41, 5.74) is -1.01. The van der Waals surface area contributed by atoms with Crippen LogP contribution < -0.4 is 0 Å². The molecule has 0 bridgehead atoms. The van der Waals surface area contributed by atoms with Gasteiger partial charge in [-0.15, -0.1) is 0 Å². The number of carbonyl (C=O) groups excluding carboxylic acids is 1. The van der Waals surface area contributed by atoms with Crippen molar-refractivity contribution in [2.24, 2.45) is 0 Å². The van der Waals surface area contributed by atoms with E-state index in [4.69, 9.17) is 21.6 Å². The molecule has 0 aromatic rings. The second-order valence-electron chi connectivity index (χ2n) is 6.30. The average molecular weight is 507 g/mol.